The average molecular weight is 252 g/mol. The molecule has 4 atom stereocenters. The van der Waals surface area contributed by atoms with Crippen LogP contribution < -0.4 is 0 Å². The first-order chi connectivity index (χ1) is 8.58. The van der Waals surface area contributed by atoms with Gasteiger partial charge in [-0.3, -0.25) is 4.79 Å². The monoisotopic (exact) mass is 252 g/mol. The summed E-state index contributed by atoms with van der Waals surface area (Å²) >= 11 is 0. The van der Waals surface area contributed by atoms with Crippen LogP contribution in [-0.4, -0.2) is 36.2 Å². The second-order valence-corrected chi connectivity index (χ2v) is 4.96. The molecule has 6 heteroatoms. The number of hydrogen-bond acceptors (Lipinski definition) is 5. The fourth-order valence-electron chi connectivity index (χ4n) is 3.80. The van der Waals surface area contributed by atoms with Gasteiger partial charge in [0, 0.05) is 23.7 Å². The summed E-state index contributed by atoms with van der Waals surface area (Å²) in [6.45, 7) is 0. The largest absolute Gasteiger partial charge is 0.481 e. The molecule has 1 N–H and O–H groups in total. The number of aldehydes is 4. The molecule has 6 nitrogen and oxygen atoms in total. The van der Waals surface area contributed by atoms with Gasteiger partial charge in [-0.05, 0) is 12.3 Å². The van der Waals surface area contributed by atoms with Crippen molar-refractivity contribution in [3.05, 3.63) is 0 Å². The molecule has 2 saturated carbocycles. The molecule has 4 unspecified atom stereocenters. The zero-order valence-corrected chi connectivity index (χ0v) is 9.39. The second kappa shape index (κ2) is 4.12. The van der Waals surface area contributed by atoms with Crippen LogP contribution in [0.2, 0.25) is 0 Å². The van der Waals surface area contributed by atoms with Crippen LogP contribution >= 0.6 is 0 Å². The predicted molar refractivity (Wildman–Crippen MR) is 56.4 cm³/mol. The lowest BCUT2D eigenvalue weighted by Gasteiger charge is -2.37. The first-order valence-electron chi connectivity index (χ1n) is 5.63. The maximum absolute atomic E-state index is 11.5. The molecule has 0 amide bonds. The third-order valence-electron chi connectivity index (χ3n) is 4.59. The number of fused-ring (bicyclic) bond motifs is 2. The van der Waals surface area contributed by atoms with Gasteiger partial charge in [-0.25, -0.2) is 0 Å². The number of hydrogen-bond donors (Lipinski definition) is 1. The van der Waals surface area contributed by atoms with Gasteiger partial charge in [0.25, 0.3) is 0 Å². The van der Waals surface area contributed by atoms with Crippen LogP contribution in [0.1, 0.15) is 6.42 Å². The van der Waals surface area contributed by atoms with Crippen molar-refractivity contribution >= 4 is 31.1 Å². The van der Waals surface area contributed by atoms with Crippen molar-refractivity contribution in [1.29, 1.82) is 0 Å². The zero-order valence-electron chi connectivity index (χ0n) is 9.39. The van der Waals surface area contributed by atoms with Crippen LogP contribution in [0.25, 0.3) is 0 Å². The minimum atomic E-state index is -1.59. The first kappa shape index (κ1) is 12.6. The molecular formula is C12H12O6. The van der Waals surface area contributed by atoms with E-state index in [2.05, 4.69) is 0 Å². The Kier molecular flexibility index (Phi) is 2.88. The predicted octanol–water partition coefficient (Wildman–Crippen LogP) is -0.649. The molecule has 0 saturated heterocycles. The Morgan fingerprint density at radius 3 is 1.67 bits per heavy atom. The summed E-state index contributed by atoms with van der Waals surface area (Å²) in [6, 6.07) is 0. The van der Waals surface area contributed by atoms with Crippen LogP contribution in [0.5, 0.6) is 0 Å². The molecule has 0 aromatic rings. The van der Waals surface area contributed by atoms with E-state index < -0.39 is 41.0 Å². The molecule has 96 valence electrons. The number of aliphatic carboxylic acids is 1. The lowest BCUT2D eigenvalue weighted by Crippen LogP contribution is -2.49. The lowest BCUT2D eigenvalue weighted by atomic mass is 9.62. The van der Waals surface area contributed by atoms with Crippen molar-refractivity contribution < 1.29 is 29.1 Å². The molecule has 2 aliphatic carbocycles. The van der Waals surface area contributed by atoms with Gasteiger partial charge in [0.15, 0.2) is 0 Å². The second-order valence-electron chi connectivity index (χ2n) is 4.96. The summed E-state index contributed by atoms with van der Waals surface area (Å²) in [4.78, 5) is 55.8. The number of carbonyl (C=O) groups is 5. The molecule has 0 aromatic carbocycles. The van der Waals surface area contributed by atoms with Gasteiger partial charge < -0.3 is 24.3 Å². The van der Waals surface area contributed by atoms with Crippen LogP contribution in [0.3, 0.4) is 0 Å². The van der Waals surface area contributed by atoms with Gasteiger partial charge in [-0.15, -0.1) is 0 Å². The van der Waals surface area contributed by atoms with E-state index in [9.17, 15) is 29.1 Å². The smallest absolute Gasteiger partial charge is 0.311 e. The number of rotatable bonds is 5. The fraction of sp³-hybridized carbons (Fsp3) is 0.583. The molecule has 2 aliphatic rings. The van der Waals surface area contributed by atoms with E-state index in [1.807, 2.05) is 0 Å². The Morgan fingerprint density at radius 1 is 0.944 bits per heavy atom. The van der Waals surface area contributed by atoms with Gasteiger partial charge in [0.1, 0.15) is 25.1 Å². The maximum Gasteiger partial charge on any atom is 0.311 e. The van der Waals surface area contributed by atoms with Gasteiger partial charge in [0.2, 0.25) is 0 Å². The summed E-state index contributed by atoms with van der Waals surface area (Å²) in [5, 5.41) is 9.37. The third-order valence-corrected chi connectivity index (χ3v) is 4.59. The van der Waals surface area contributed by atoms with E-state index in [1.54, 1.807) is 0 Å². The first-order valence-corrected chi connectivity index (χ1v) is 5.63. The van der Waals surface area contributed by atoms with Gasteiger partial charge in [0.05, 0.1) is 5.41 Å². The Bertz CT molecular complexity index is 400. The number of carboxylic acid groups (broad SMARTS) is 1. The van der Waals surface area contributed by atoms with E-state index in [0.29, 0.717) is 25.1 Å². The SMILES string of the molecule is O=CC1C2CC(C(=O)O)(C1C=O)C(C=O)C2C=O. The van der Waals surface area contributed by atoms with Crippen molar-refractivity contribution in [3.8, 4) is 0 Å². The molecule has 2 rings (SSSR count). The summed E-state index contributed by atoms with van der Waals surface area (Å²) < 4.78 is 0. The van der Waals surface area contributed by atoms with Crippen LogP contribution in [-0.2, 0) is 24.0 Å². The van der Waals surface area contributed by atoms with Crippen molar-refractivity contribution in [2.24, 2.45) is 35.0 Å². The Hall–Kier alpha value is -1.85. The van der Waals surface area contributed by atoms with Gasteiger partial charge in [-0.1, -0.05) is 0 Å². The zero-order chi connectivity index (χ0) is 13.5. The summed E-state index contributed by atoms with van der Waals surface area (Å²) in [5.74, 6) is -5.43. The van der Waals surface area contributed by atoms with Crippen molar-refractivity contribution in [2.45, 2.75) is 6.42 Å². The Balaban J connectivity index is 2.58. The van der Waals surface area contributed by atoms with Crippen LogP contribution in [0.4, 0.5) is 0 Å². The normalized spacial score (nSPS) is 45.4. The fourth-order valence-corrected chi connectivity index (χ4v) is 3.80. The maximum atomic E-state index is 11.5. The van der Waals surface area contributed by atoms with E-state index in [0.717, 1.165) is 0 Å². The highest BCUT2D eigenvalue weighted by Gasteiger charge is 2.70. The number of carboxylic acids is 1. The molecule has 0 spiro atoms. The van der Waals surface area contributed by atoms with E-state index in [1.165, 1.54) is 0 Å². The average Bonchev–Trinajstić information content (AvgIpc) is 2.87. The molecule has 0 heterocycles. The van der Waals surface area contributed by atoms with Crippen molar-refractivity contribution in [1.82, 2.24) is 0 Å². The lowest BCUT2D eigenvalue weighted by molar-refractivity contribution is -0.161. The molecule has 0 aliphatic heterocycles. The molecule has 18 heavy (non-hydrogen) atoms. The molecule has 2 bridgehead atoms. The standard InChI is InChI=1S/C12H12O6/c13-2-7-6-1-12(11(17)18,9(7)4-15)10(5-16)8(6)3-14/h2-10H,1H2,(H,17,18). The topological polar surface area (TPSA) is 106 Å². The number of carbonyl (C=O) groups excluding carboxylic acids is 4. The highest BCUT2D eigenvalue weighted by Crippen LogP contribution is 2.63. The van der Waals surface area contributed by atoms with E-state index in [4.69, 9.17) is 0 Å². The molecular weight excluding hydrogens is 240 g/mol. The van der Waals surface area contributed by atoms with E-state index in [-0.39, 0.29) is 6.42 Å². The molecule has 0 radical (unpaired) electrons. The van der Waals surface area contributed by atoms with Crippen molar-refractivity contribution in [2.75, 3.05) is 0 Å². The summed E-state index contributed by atoms with van der Waals surface area (Å²) in [5.41, 5.74) is -1.59. The Morgan fingerprint density at radius 2 is 1.39 bits per heavy atom. The molecule has 0 aromatic heterocycles. The van der Waals surface area contributed by atoms with Gasteiger partial charge >= 0.3 is 5.97 Å². The highest BCUT2D eigenvalue weighted by atomic mass is 16.4. The van der Waals surface area contributed by atoms with Crippen LogP contribution in [0.15, 0.2) is 0 Å². The minimum absolute atomic E-state index is 0.0297. The third kappa shape index (κ3) is 1.20. The van der Waals surface area contributed by atoms with Gasteiger partial charge in [-0.2, -0.15) is 0 Å². The summed E-state index contributed by atoms with van der Waals surface area (Å²) in [6.07, 6.45) is 1.97. The Labute approximate surface area is 102 Å². The quantitative estimate of drug-likeness (QED) is 0.652. The summed E-state index contributed by atoms with van der Waals surface area (Å²) in [7, 11) is 0. The minimum Gasteiger partial charge on any atom is -0.481 e. The van der Waals surface area contributed by atoms with Crippen LogP contribution in [0, 0.1) is 35.0 Å². The van der Waals surface area contributed by atoms with E-state index >= 15 is 0 Å². The molecule has 2 fully saturated rings. The van der Waals surface area contributed by atoms with Crippen molar-refractivity contribution in [3.63, 3.8) is 0 Å². The highest BCUT2D eigenvalue weighted by molar-refractivity contribution is 5.90.